The number of hydrogen-bond acceptors (Lipinski definition) is 5. The maximum atomic E-state index is 13.2. The molecule has 0 bridgehead atoms. The molecule has 0 fully saturated rings. The summed E-state index contributed by atoms with van der Waals surface area (Å²) in [6, 6.07) is 10.9. The zero-order valence-corrected chi connectivity index (χ0v) is 13.6. The van der Waals surface area contributed by atoms with Gasteiger partial charge in [-0.3, -0.25) is 15.1 Å². The molecule has 0 unspecified atom stereocenters. The number of imidazole rings is 1. The van der Waals surface area contributed by atoms with E-state index >= 15 is 0 Å². The number of nitro benzene ring substituents is 1. The van der Waals surface area contributed by atoms with Gasteiger partial charge in [-0.2, -0.15) is 0 Å². The van der Waals surface area contributed by atoms with E-state index in [1.165, 1.54) is 18.2 Å². The van der Waals surface area contributed by atoms with E-state index < -0.39 is 4.92 Å². The molecule has 130 valence electrons. The smallest absolute Gasteiger partial charge is 0.278 e. The molecule has 2 N–H and O–H groups in total. The number of rotatable bonds is 5. The molecule has 0 atom stereocenters. The van der Waals surface area contributed by atoms with Crippen LogP contribution in [-0.4, -0.2) is 26.4 Å². The molecule has 4 aromatic rings. The Bertz CT molecular complexity index is 1130. The molecule has 0 aliphatic heterocycles. The van der Waals surface area contributed by atoms with Crippen molar-refractivity contribution >= 4 is 33.3 Å². The number of H-pyrrole nitrogens is 1. The van der Waals surface area contributed by atoms with Crippen LogP contribution < -0.4 is 5.32 Å². The van der Waals surface area contributed by atoms with E-state index in [9.17, 15) is 14.5 Å². The van der Waals surface area contributed by atoms with Crippen molar-refractivity contribution in [3.8, 4) is 0 Å². The third kappa shape index (κ3) is 2.92. The van der Waals surface area contributed by atoms with Crippen molar-refractivity contribution in [3.05, 3.63) is 70.4 Å². The number of anilines is 1. The second-order valence-electron chi connectivity index (χ2n) is 5.81. The van der Waals surface area contributed by atoms with Gasteiger partial charge in [-0.15, -0.1) is 0 Å². The van der Waals surface area contributed by atoms with E-state index in [-0.39, 0.29) is 11.5 Å². The minimum Gasteiger partial charge on any atom is -0.383 e. The average Bonchev–Trinajstić information content (AvgIpc) is 3.03. The van der Waals surface area contributed by atoms with Crippen LogP contribution in [0, 0.1) is 15.9 Å². The van der Waals surface area contributed by atoms with E-state index in [0.29, 0.717) is 40.6 Å². The molecule has 0 aliphatic rings. The molecular weight excluding hydrogens is 337 g/mol. The molecule has 7 nitrogen and oxygen atoms in total. The van der Waals surface area contributed by atoms with Crippen molar-refractivity contribution < 1.29 is 9.31 Å². The summed E-state index contributed by atoms with van der Waals surface area (Å²) in [7, 11) is 0. The van der Waals surface area contributed by atoms with Crippen LogP contribution >= 0.6 is 0 Å². The number of hydrogen-bond donors (Lipinski definition) is 2. The SMILES string of the molecule is O=[N+]([O-])c1ccc(NCCc2nc3ccc(F)cc3[nH]2)c2ncccc12. The predicted octanol–water partition coefficient (Wildman–Crippen LogP) is 3.81. The molecule has 8 heteroatoms. The molecule has 4 rings (SSSR count). The average molecular weight is 351 g/mol. The first-order valence-corrected chi connectivity index (χ1v) is 8.02. The largest absolute Gasteiger partial charge is 0.383 e. The number of non-ortho nitro benzene ring substituents is 1. The van der Waals surface area contributed by atoms with Crippen LogP contribution in [0.4, 0.5) is 15.8 Å². The Kier molecular flexibility index (Phi) is 3.92. The lowest BCUT2D eigenvalue weighted by Gasteiger charge is -2.08. The van der Waals surface area contributed by atoms with Crippen LogP contribution in [0.25, 0.3) is 21.9 Å². The fourth-order valence-electron chi connectivity index (χ4n) is 2.93. The van der Waals surface area contributed by atoms with Crippen molar-refractivity contribution in [2.24, 2.45) is 0 Å². The van der Waals surface area contributed by atoms with Crippen LogP contribution in [0.15, 0.2) is 48.7 Å². The second kappa shape index (κ2) is 6.40. The summed E-state index contributed by atoms with van der Waals surface area (Å²) in [5.74, 6) is 0.423. The van der Waals surface area contributed by atoms with Crippen molar-refractivity contribution in [1.29, 1.82) is 0 Å². The molecule has 2 aromatic carbocycles. The Hall–Kier alpha value is -3.55. The number of halogens is 1. The third-order valence-electron chi connectivity index (χ3n) is 4.11. The van der Waals surface area contributed by atoms with Gasteiger partial charge in [0.2, 0.25) is 0 Å². The van der Waals surface area contributed by atoms with Crippen LogP contribution in [0.5, 0.6) is 0 Å². The lowest BCUT2D eigenvalue weighted by atomic mass is 10.1. The zero-order chi connectivity index (χ0) is 18.1. The van der Waals surface area contributed by atoms with Crippen LogP contribution in [0.1, 0.15) is 5.82 Å². The number of aromatic amines is 1. The Morgan fingerprint density at radius 1 is 1.23 bits per heavy atom. The first-order valence-electron chi connectivity index (χ1n) is 8.02. The van der Waals surface area contributed by atoms with E-state index in [1.807, 2.05) is 0 Å². The van der Waals surface area contributed by atoms with Gasteiger partial charge in [0.25, 0.3) is 5.69 Å². The molecule has 0 radical (unpaired) electrons. The first kappa shape index (κ1) is 15.9. The van der Waals surface area contributed by atoms with Crippen molar-refractivity contribution in [2.75, 3.05) is 11.9 Å². The highest BCUT2D eigenvalue weighted by Crippen LogP contribution is 2.29. The van der Waals surface area contributed by atoms with Crippen LogP contribution in [0.2, 0.25) is 0 Å². The van der Waals surface area contributed by atoms with Gasteiger partial charge < -0.3 is 10.3 Å². The second-order valence-corrected chi connectivity index (χ2v) is 5.81. The Morgan fingerprint density at radius 3 is 2.96 bits per heavy atom. The van der Waals surface area contributed by atoms with Crippen LogP contribution in [-0.2, 0) is 6.42 Å². The Labute approximate surface area is 147 Å². The standard InChI is InChI=1S/C18H14FN5O2/c19-11-3-4-13-15(10-11)23-17(22-13)7-9-20-14-5-6-16(24(25)26)12-2-1-8-21-18(12)14/h1-6,8,10,20H,7,9H2,(H,22,23). The topological polar surface area (TPSA) is 96.7 Å². The summed E-state index contributed by atoms with van der Waals surface area (Å²) in [5.41, 5.74) is 2.66. The van der Waals surface area contributed by atoms with Gasteiger partial charge in [0.1, 0.15) is 17.2 Å². The van der Waals surface area contributed by atoms with E-state index in [4.69, 9.17) is 0 Å². The molecule has 0 saturated carbocycles. The fourth-order valence-corrected chi connectivity index (χ4v) is 2.93. The van der Waals surface area contributed by atoms with Crippen molar-refractivity contribution in [2.45, 2.75) is 6.42 Å². The summed E-state index contributed by atoms with van der Waals surface area (Å²) in [6.45, 7) is 0.547. The minimum atomic E-state index is -0.415. The van der Waals surface area contributed by atoms with E-state index in [0.717, 1.165) is 5.82 Å². The lowest BCUT2D eigenvalue weighted by molar-refractivity contribution is -0.383. The number of pyridine rings is 1. The number of nitrogens with zero attached hydrogens (tertiary/aromatic N) is 3. The number of benzene rings is 2. The van der Waals surface area contributed by atoms with Gasteiger partial charge in [-0.05, 0) is 36.4 Å². The van der Waals surface area contributed by atoms with Gasteiger partial charge in [-0.1, -0.05) is 0 Å². The highest BCUT2D eigenvalue weighted by molar-refractivity contribution is 5.96. The molecule has 2 aromatic heterocycles. The normalized spacial score (nSPS) is 11.1. The molecule has 2 heterocycles. The quantitative estimate of drug-likeness (QED) is 0.421. The molecule has 0 amide bonds. The third-order valence-corrected chi connectivity index (χ3v) is 4.11. The molecule has 0 aliphatic carbocycles. The van der Waals surface area contributed by atoms with E-state index in [1.54, 1.807) is 30.5 Å². The van der Waals surface area contributed by atoms with Gasteiger partial charge >= 0.3 is 0 Å². The van der Waals surface area contributed by atoms with Gasteiger partial charge in [0, 0.05) is 25.2 Å². The molecule has 0 saturated heterocycles. The van der Waals surface area contributed by atoms with Crippen LogP contribution in [0.3, 0.4) is 0 Å². The number of aromatic nitrogens is 3. The number of nitro groups is 1. The van der Waals surface area contributed by atoms with Gasteiger partial charge in [0.15, 0.2) is 0 Å². The zero-order valence-electron chi connectivity index (χ0n) is 13.6. The number of nitrogens with one attached hydrogen (secondary N) is 2. The van der Waals surface area contributed by atoms with Crippen molar-refractivity contribution in [1.82, 2.24) is 15.0 Å². The summed E-state index contributed by atoms with van der Waals surface area (Å²) in [5, 5.41) is 14.9. The number of fused-ring (bicyclic) bond motifs is 2. The monoisotopic (exact) mass is 351 g/mol. The minimum absolute atomic E-state index is 0.0259. The summed E-state index contributed by atoms with van der Waals surface area (Å²) in [4.78, 5) is 22.5. The fraction of sp³-hybridized carbons (Fsp3) is 0.111. The first-order chi connectivity index (χ1) is 12.6. The molecule has 0 spiro atoms. The molecular formula is C18H14FN5O2. The van der Waals surface area contributed by atoms with Crippen molar-refractivity contribution in [3.63, 3.8) is 0 Å². The maximum absolute atomic E-state index is 13.2. The van der Waals surface area contributed by atoms with Gasteiger partial charge in [-0.25, -0.2) is 9.37 Å². The van der Waals surface area contributed by atoms with Gasteiger partial charge in [0.05, 0.1) is 27.0 Å². The Balaban J connectivity index is 1.54. The Morgan fingerprint density at radius 2 is 2.12 bits per heavy atom. The highest BCUT2D eigenvalue weighted by atomic mass is 19.1. The lowest BCUT2D eigenvalue weighted by Crippen LogP contribution is -2.07. The summed E-state index contributed by atoms with van der Waals surface area (Å²) in [6.07, 6.45) is 2.19. The molecule has 26 heavy (non-hydrogen) atoms. The van der Waals surface area contributed by atoms with E-state index in [2.05, 4.69) is 20.3 Å². The predicted molar refractivity (Wildman–Crippen MR) is 96.6 cm³/mol. The highest BCUT2D eigenvalue weighted by Gasteiger charge is 2.14. The summed E-state index contributed by atoms with van der Waals surface area (Å²) < 4.78 is 13.2. The summed E-state index contributed by atoms with van der Waals surface area (Å²) >= 11 is 0. The maximum Gasteiger partial charge on any atom is 0.278 e.